The first-order chi connectivity index (χ1) is 11.7. The van der Waals surface area contributed by atoms with E-state index in [0.717, 1.165) is 22.0 Å². The van der Waals surface area contributed by atoms with Gasteiger partial charge in [-0.1, -0.05) is 41.9 Å². The Kier molecular flexibility index (Phi) is 5.18. The van der Waals surface area contributed by atoms with Crippen molar-refractivity contribution >= 4 is 28.4 Å². The summed E-state index contributed by atoms with van der Waals surface area (Å²) in [5.41, 5.74) is 3.03. The minimum absolute atomic E-state index is 0.0886. The van der Waals surface area contributed by atoms with Crippen LogP contribution in [0.15, 0.2) is 54.7 Å². The van der Waals surface area contributed by atoms with Crippen LogP contribution < -0.4 is 5.32 Å². The van der Waals surface area contributed by atoms with E-state index in [1.807, 2.05) is 42.6 Å². The van der Waals surface area contributed by atoms with E-state index in [-0.39, 0.29) is 12.5 Å². The van der Waals surface area contributed by atoms with Crippen LogP contribution in [0.5, 0.6) is 0 Å². The van der Waals surface area contributed by atoms with Gasteiger partial charge >= 0.3 is 0 Å². The molecule has 24 heavy (non-hydrogen) atoms. The van der Waals surface area contributed by atoms with E-state index in [2.05, 4.69) is 10.3 Å². The molecule has 0 fully saturated rings. The van der Waals surface area contributed by atoms with Gasteiger partial charge in [0, 0.05) is 28.5 Å². The number of para-hydroxylation sites is 1. The molecule has 124 valence electrons. The molecule has 0 aliphatic carbocycles. The van der Waals surface area contributed by atoms with Gasteiger partial charge in [0.25, 0.3) is 0 Å². The number of benzene rings is 2. The number of halogens is 1. The third kappa shape index (κ3) is 3.78. The zero-order chi connectivity index (χ0) is 16.9. The maximum Gasteiger partial charge on any atom is 0.220 e. The summed E-state index contributed by atoms with van der Waals surface area (Å²) in [6.07, 6.45) is 2.96. The molecule has 1 amide bonds. The van der Waals surface area contributed by atoms with E-state index in [1.165, 1.54) is 0 Å². The van der Waals surface area contributed by atoms with E-state index in [4.69, 9.17) is 11.6 Å². The Morgan fingerprint density at radius 3 is 2.67 bits per heavy atom. The average Bonchev–Trinajstić information content (AvgIpc) is 3.02. The second-order valence-electron chi connectivity index (χ2n) is 5.71. The van der Waals surface area contributed by atoms with Crippen molar-refractivity contribution in [3.8, 4) is 0 Å². The molecule has 0 aliphatic heterocycles. The number of nitrogens with one attached hydrogen (secondary N) is 2. The Labute approximate surface area is 145 Å². The molecule has 3 rings (SSSR count). The number of fused-ring (bicyclic) bond motifs is 1. The zero-order valence-electron chi connectivity index (χ0n) is 13.1. The summed E-state index contributed by atoms with van der Waals surface area (Å²) in [5.74, 6) is -0.0886. The first-order valence-corrected chi connectivity index (χ1v) is 8.26. The molecule has 0 saturated heterocycles. The highest BCUT2D eigenvalue weighted by Crippen LogP contribution is 2.20. The van der Waals surface area contributed by atoms with Gasteiger partial charge < -0.3 is 15.4 Å². The van der Waals surface area contributed by atoms with Gasteiger partial charge in [0.1, 0.15) is 0 Å². The average molecular weight is 343 g/mol. The molecular formula is C19H19ClN2O2. The van der Waals surface area contributed by atoms with Crippen LogP contribution in [0.25, 0.3) is 10.9 Å². The van der Waals surface area contributed by atoms with Crippen LogP contribution in [0.3, 0.4) is 0 Å². The minimum Gasteiger partial charge on any atom is -0.394 e. The SMILES string of the molecule is O=C(CCc1c[nH]c2ccccc12)NC(CO)c1ccc(Cl)cc1. The molecule has 5 heteroatoms. The summed E-state index contributed by atoms with van der Waals surface area (Å²) in [5, 5.41) is 14.2. The number of aromatic nitrogens is 1. The molecule has 0 bridgehead atoms. The molecule has 4 nitrogen and oxygen atoms in total. The maximum atomic E-state index is 12.2. The van der Waals surface area contributed by atoms with Crippen LogP contribution >= 0.6 is 11.6 Å². The van der Waals surface area contributed by atoms with E-state index < -0.39 is 6.04 Å². The van der Waals surface area contributed by atoms with Gasteiger partial charge in [-0.25, -0.2) is 0 Å². The largest absolute Gasteiger partial charge is 0.394 e. The molecule has 0 radical (unpaired) electrons. The number of amides is 1. The molecule has 3 N–H and O–H groups in total. The van der Waals surface area contributed by atoms with Crippen molar-refractivity contribution in [1.82, 2.24) is 10.3 Å². The van der Waals surface area contributed by atoms with Crippen LogP contribution in [0.2, 0.25) is 5.02 Å². The van der Waals surface area contributed by atoms with Gasteiger partial charge in [0.15, 0.2) is 0 Å². The summed E-state index contributed by atoms with van der Waals surface area (Å²) in [6.45, 7) is -0.152. The van der Waals surface area contributed by atoms with Gasteiger partial charge in [-0.3, -0.25) is 4.79 Å². The number of carbonyl (C=O) groups is 1. The highest BCUT2D eigenvalue weighted by atomic mass is 35.5. The number of aromatic amines is 1. The smallest absolute Gasteiger partial charge is 0.220 e. The van der Waals surface area contributed by atoms with Crippen molar-refractivity contribution in [2.45, 2.75) is 18.9 Å². The Morgan fingerprint density at radius 2 is 1.92 bits per heavy atom. The van der Waals surface area contributed by atoms with Gasteiger partial charge in [0.05, 0.1) is 12.6 Å². The Balaban J connectivity index is 1.61. The number of aryl methyl sites for hydroxylation is 1. The summed E-state index contributed by atoms with van der Waals surface area (Å²) in [6, 6.07) is 14.7. The summed E-state index contributed by atoms with van der Waals surface area (Å²) in [4.78, 5) is 15.4. The molecule has 1 aromatic heterocycles. The number of rotatable bonds is 6. The van der Waals surface area contributed by atoms with Crippen LogP contribution in [0.1, 0.15) is 23.6 Å². The Hall–Kier alpha value is -2.30. The normalized spacial score (nSPS) is 12.2. The Bertz CT molecular complexity index is 827. The molecule has 2 aromatic carbocycles. The predicted octanol–water partition coefficient (Wildman–Crippen LogP) is 3.60. The van der Waals surface area contributed by atoms with Crippen molar-refractivity contribution in [1.29, 1.82) is 0 Å². The van der Waals surface area contributed by atoms with Crippen LogP contribution in [0.4, 0.5) is 0 Å². The third-order valence-electron chi connectivity index (χ3n) is 4.09. The highest BCUT2D eigenvalue weighted by Gasteiger charge is 2.14. The van der Waals surface area contributed by atoms with E-state index >= 15 is 0 Å². The lowest BCUT2D eigenvalue weighted by Gasteiger charge is -2.16. The van der Waals surface area contributed by atoms with Crippen LogP contribution in [-0.4, -0.2) is 22.6 Å². The van der Waals surface area contributed by atoms with Crippen molar-refractivity contribution in [3.63, 3.8) is 0 Å². The predicted molar refractivity (Wildman–Crippen MR) is 96.0 cm³/mol. The van der Waals surface area contributed by atoms with Gasteiger partial charge in [-0.2, -0.15) is 0 Å². The fraction of sp³-hybridized carbons (Fsp3) is 0.211. The Morgan fingerprint density at radius 1 is 1.17 bits per heavy atom. The summed E-state index contributed by atoms with van der Waals surface area (Å²) < 4.78 is 0. The second-order valence-corrected chi connectivity index (χ2v) is 6.15. The number of hydrogen-bond acceptors (Lipinski definition) is 2. The molecule has 3 aromatic rings. The van der Waals surface area contributed by atoms with Crippen LogP contribution in [-0.2, 0) is 11.2 Å². The summed E-state index contributed by atoms with van der Waals surface area (Å²) >= 11 is 5.87. The van der Waals surface area contributed by atoms with Gasteiger partial charge in [-0.05, 0) is 35.7 Å². The summed E-state index contributed by atoms with van der Waals surface area (Å²) in [7, 11) is 0. The lowest BCUT2D eigenvalue weighted by molar-refractivity contribution is -0.122. The lowest BCUT2D eigenvalue weighted by atomic mass is 10.1. The standard InChI is InChI=1S/C19H19ClN2O2/c20-15-8-5-13(6-9-15)18(12-23)22-19(24)10-7-14-11-21-17-4-2-1-3-16(14)17/h1-6,8-9,11,18,21,23H,7,10,12H2,(H,22,24). The highest BCUT2D eigenvalue weighted by molar-refractivity contribution is 6.30. The molecular weight excluding hydrogens is 324 g/mol. The van der Waals surface area contributed by atoms with Crippen LogP contribution in [0, 0.1) is 0 Å². The molecule has 0 spiro atoms. The first kappa shape index (κ1) is 16.6. The van der Waals surface area contributed by atoms with E-state index in [9.17, 15) is 9.90 Å². The molecule has 0 saturated carbocycles. The fourth-order valence-corrected chi connectivity index (χ4v) is 2.91. The second kappa shape index (κ2) is 7.51. The monoisotopic (exact) mass is 342 g/mol. The lowest BCUT2D eigenvalue weighted by Crippen LogP contribution is -2.30. The third-order valence-corrected chi connectivity index (χ3v) is 4.34. The zero-order valence-corrected chi connectivity index (χ0v) is 13.9. The van der Waals surface area contributed by atoms with E-state index in [0.29, 0.717) is 17.9 Å². The number of hydrogen-bond donors (Lipinski definition) is 3. The molecule has 0 aliphatic rings. The topological polar surface area (TPSA) is 65.1 Å². The first-order valence-electron chi connectivity index (χ1n) is 7.88. The maximum absolute atomic E-state index is 12.2. The van der Waals surface area contributed by atoms with Gasteiger partial charge in [-0.15, -0.1) is 0 Å². The van der Waals surface area contributed by atoms with Crippen molar-refractivity contribution < 1.29 is 9.90 Å². The number of aliphatic hydroxyl groups excluding tert-OH is 1. The van der Waals surface area contributed by atoms with Crippen molar-refractivity contribution in [2.75, 3.05) is 6.61 Å². The number of aliphatic hydroxyl groups is 1. The molecule has 1 heterocycles. The minimum atomic E-state index is -0.419. The fourth-order valence-electron chi connectivity index (χ4n) is 2.78. The number of H-pyrrole nitrogens is 1. The quantitative estimate of drug-likeness (QED) is 0.640. The molecule has 1 unspecified atom stereocenters. The van der Waals surface area contributed by atoms with E-state index in [1.54, 1.807) is 12.1 Å². The van der Waals surface area contributed by atoms with Crippen molar-refractivity contribution in [3.05, 3.63) is 70.9 Å². The number of carbonyl (C=O) groups excluding carboxylic acids is 1. The molecule has 1 atom stereocenters. The van der Waals surface area contributed by atoms with Crippen molar-refractivity contribution in [2.24, 2.45) is 0 Å². The van der Waals surface area contributed by atoms with Gasteiger partial charge in [0.2, 0.25) is 5.91 Å².